The fraction of sp³-hybridized carbons (Fsp3) is 0.278. The number of aryl methyl sites for hydroxylation is 1. The van der Waals surface area contributed by atoms with Crippen LogP contribution in [-0.4, -0.2) is 33.2 Å². The first-order valence-corrected chi connectivity index (χ1v) is 10.3. The molecule has 0 bridgehead atoms. The van der Waals surface area contributed by atoms with E-state index in [4.69, 9.17) is 16.3 Å². The van der Waals surface area contributed by atoms with Crippen LogP contribution in [0, 0.1) is 6.92 Å². The Morgan fingerprint density at radius 2 is 1.92 bits per heavy atom. The van der Waals surface area contributed by atoms with Crippen molar-refractivity contribution in [1.82, 2.24) is 0 Å². The number of benzene rings is 2. The van der Waals surface area contributed by atoms with E-state index in [-0.39, 0.29) is 18.9 Å². The van der Waals surface area contributed by atoms with Crippen LogP contribution in [0.15, 0.2) is 42.5 Å². The van der Waals surface area contributed by atoms with Gasteiger partial charge in [0.1, 0.15) is 5.75 Å². The van der Waals surface area contributed by atoms with Gasteiger partial charge in [0, 0.05) is 23.7 Å². The van der Waals surface area contributed by atoms with Gasteiger partial charge in [-0.05, 0) is 48.9 Å². The van der Waals surface area contributed by atoms with Crippen molar-refractivity contribution in [3.8, 4) is 5.75 Å². The molecule has 0 saturated heterocycles. The van der Waals surface area contributed by atoms with Crippen LogP contribution < -0.4 is 14.4 Å². The second-order valence-corrected chi connectivity index (χ2v) is 8.54. The molecular weight excluding hydrogens is 376 g/mol. The summed E-state index contributed by atoms with van der Waals surface area (Å²) in [6.07, 6.45) is 0.576. The molecule has 0 aromatic heterocycles. The van der Waals surface area contributed by atoms with Gasteiger partial charge in [0.2, 0.25) is 10.0 Å². The molecule has 0 unspecified atom stereocenters. The van der Waals surface area contributed by atoms with Crippen LogP contribution in [0.25, 0.3) is 0 Å². The van der Waals surface area contributed by atoms with E-state index in [2.05, 4.69) is 5.32 Å². The summed E-state index contributed by atoms with van der Waals surface area (Å²) in [5.74, 6) is 0.0315. The van der Waals surface area contributed by atoms with Crippen molar-refractivity contribution in [2.45, 2.75) is 19.4 Å². The zero-order valence-electron chi connectivity index (χ0n) is 14.4. The van der Waals surface area contributed by atoms with Gasteiger partial charge < -0.3 is 10.1 Å². The number of sulfonamides is 1. The summed E-state index contributed by atoms with van der Waals surface area (Å²) < 4.78 is 31.5. The smallest absolute Gasteiger partial charge is 0.265 e. The zero-order chi connectivity index (χ0) is 18.9. The Hall–Kier alpha value is -2.25. The molecule has 26 heavy (non-hydrogen) atoms. The van der Waals surface area contributed by atoms with Gasteiger partial charge >= 0.3 is 0 Å². The second-order valence-electron chi connectivity index (χ2n) is 6.20. The van der Waals surface area contributed by atoms with Crippen LogP contribution >= 0.6 is 11.6 Å². The molecule has 8 heteroatoms. The molecule has 0 spiro atoms. The molecule has 138 valence electrons. The van der Waals surface area contributed by atoms with Gasteiger partial charge in [-0.2, -0.15) is 0 Å². The van der Waals surface area contributed by atoms with E-state index >= 15 is 0 Å². The molecule has 6 nitrogen and oxygen atoms in total. The third-order valence-electron chi connectivity index (χ3n) is 4.05. The minimum Gasteiger partial charge on any atom is -0.478 e. The zero-order valence-corrected chi connectivity index (χ0v) is 16.0. The lowest BCUT2D eigenvalue weighted by Crippen LogP contribution is -2.35. The summed E-state index contributed by atoms with van der Waals surface area (Å²) in [6.45, 7) is 2.03. The highest BCUT2D eigenvalue weighted by molar-refractivity contribution is 7.92. The maximum atomic E-state index is 12.6. The first kappa shape index (κ1) is 18.5. The third kappa shape index (κ3) is 4.11. The van der Waals surface area contributed by atoms with Crippen LogP contribution in [0.5, 0.6) is 5.75 Å². The number of carbonyl (C=O) groups excluding carboxylic acids is 1. The maximum Gasteiger partial charge on any atom is 0.265 e. The van der Waals surface area contributed by atoms with Gasteiger partial charge in [0.25, 0.3) is 5.91 Å². The predicted octanol–water partition coefficient (Wildman–Crippen LogP) is 3.20. The summed E-state index contributed by atoms with van der Waals surface area (Å²) >= 11 is 5.85. The van der Waals surface area contributed by atoms with Gasteiger partial charge in [-0.1, -0.05) is 17.7 Å². The van der Waals surface area contributed by atoms with Crippen molar-refractivity contribution >= 4 is 38.9 Å². The van der Waals surface area contributed by atoms with Crippen molar-refractivity contribution < 1.29 is 17.9 Å². The Balaban J connectivity index is 1.86. The van der Waals surface area contributed by atoms with Crippen LogP contribution in [-0.2, 0) is 14.8 Å². The number of fused-ring (bicyclic) bond motifs is 1. The molecule has 0 fully saturated rings. The quantitative estimate of drug-likeness (QED) is 0.867. The summed E-state index contributed by atoms with van der Waals surface area (Å²) in [7, 11) is -3.49. The molecule has 0 aliphatic carbocycles. The molecule has 2 aromatic carbocycles. The van der Waals surface area contributed by atoms with Gasteiger partial charge in [0.05, 0.1) is 11.9 Å². The highest BCUT2D eigenvalue weighted by atomic mass is 35.5. The number of anilines is 2. The molecular formula is C18H19ClN2O4S. The monoisotopic (exact) mass is 394 g/mol. The number of carbonyl (C=O) groups is 1. The van der Waals surface area contributed by atoms with Gasteiger partial charge in [-0.3, -0.25) is 9.10 Å². The molecule has 0 saturated carbocycles. The number of hydrogen-bond donors (Lipinski definition) is 1. The number of ether oxygens (including phenoxy) is 1. The minimum atomic E-state index is -3.49. The Kier molecular flexibility index (Phi) is 5.11. The Morgan fingerprint density at radius 3 is 2.58 bits per heavy atom. The molecule has 1 heterocycles. The number of nitrogens with zero attached hydrogens (tertiary/aromatic N) is 1. The van der Waals surface area contributed by atoms with E-state index in [9.17, 15) is 13.2 Å². The highest BCUT2D eigenvalue weighted by Gasteiger charge is 2.31. The molecule has 0 radical (unpaired) electrons. The van der Waals surface area contributed by atoms with Gasteiger partial charge in [-0.15, -0.1) is 0 Å². The lowest BCUT2D eigenvalue weighted by atomic mass is 10.2. The lowest BCUT2D eigenvalue weighted by Gasteiger charge is -2.21. The van der Waals surface area contributed by atoms with E-state index in [0.717, 1.165) is 11.8 Å². The molecule has 1 aliphatic rings. The lowest BCUT2D eigenvalue weighted by molar-refractivity contribution is -0.122. The number of amides is 1. The number of halogens is 1. The summed E-state index contributed by atoms with van der Waals surface area (Å²) in [5, 5.41) is 3.34. The highest BCUT2D eigenvalue weighted by Crippen LogP contribution is 2.35. The van der Waals surface area contributed by atoms with Gasteiger partial charge in [0.15, 0.2) is 6.10 Å². The Labute approximate surface area is 157 Å². The normalized spacial score (nSPS) is 17.0. The van der Waals surface area contributed by atoms with E-state index in [1.54, 1.807) is 36.4 Å². The average molecular weight is 395 g/mol. The van der Waals surface area contributed by atoms with E-state index in [1.807, 2.05) is 13.0 Å². The number of rotatable bonds is 3. The van der Waals surface area contributed by atoms with Crippen molar-refractivity contribution in [2.75, 3.05) is 22.4 Å². The molecule has 1 aliphatic heterocycles. The van der Waals surface area contributed by atoms with Crippen molar-refractivity contribution in [1.29, 1.82) is 0 Å². The van der Waals surface area contributed by atoms with E-state index in [1.165, 1.54) is 4.31 Å². The molecule has 1 N–H and O–H groups in total. The maximum absolute atomic E-state index is 12.6. The van der Waals surface area contributed by atoms with Crippen LogP contribution in [0.1, 0.15) is 12.0 Å². The predicted molar refractivity (Wildman–Crippen MR) is 102 cm³/mol. The summed E-state index contributed by atoms with van der Waals surface area (Å²) in [4.78, 5) is 12.6. The second kappa shape index (κ2) is 7.17. The van der Waals surface area contributed by atoms with Crippen LogP contribution in [0.4, 0.5) is 11.4 Å². The fourth-order valence-corrected chi connectivity index (χ4v) is 3.84. The number of nitrogens with one attached hydrogen (secondary N) is 1. The van der Waals surface area contributed by atoms with E-state index in [0.29, 0.717) is 22.1 Å². The van der Waals surface area contributed by atoms with Crippen molar-refractivity contribution in [2.24, 2.45) is 0 Å². The third-order valence-corrected chi connectivity index (χ3v) is 5.48. The molecule has 1 amide bonds. The Morgan fingerprint density at radius 1 is 1.23 bits per heavy atom. The number of hydrogen-bond acceptors (Lipinski definition) is 4. The molecule has 1 atom stereocenters. The Bertz CT molecular complexity index is 929. The SMILES string of the molecule is Cc1ccc2c(c1)N(S(C)(=O)=O)CC[C@@H](C(=O)Nc1ccc(Cl)cc1)O2. The largest absolute Gasteiger partial charge is 0.478 e. The summed E-state index contributed by atoms with van der Waals surface area (Å²) in [6, 6.07) is 12.0. The topological polar surface area (TPSA) is 75.7 Å². The first-order chi connectivity index (χ1) is 12.2. The molecule has 2 aromatic rings. The average Bonchev–Trinajstić information content (AvgIpc) is 2.76. The van der Waals surface area contributed by atoms with E-state index < -0.39 is 16.1 Å². The summed E-state index contributed by atoms with van der Waals surface area (Å²) in [5.41, 5.74) is 1.95. The van der Waals surface area contributed by atoms with Gasteiger partial charge in [-0.25, -0.2) is 8.42 Å². The fourth-order valence-electron chi connectivity index (χ4n) is 2.77. The molecule has 3 rings (SSSR count). The van der Waals surface area contributed by atoms with Crippen LogP contribution in [0.2, 0.25) is 5.02 Å². The van der Waals surface area contributed by atoms with Crippen molar-refractivity contribution in [3.63, 3.8) is 0 Å². The minimum absolute atomic E-state index is 0.161. The van der Waals surface area contributed by atoms with Crippen LogP contribution in [0.3, 0.4) is 0 Å². The standard InChI is InChI=1S/C18H19ClN2O4S/c1-12-3-8-16-15(11-12)21(26(2,23)24)10-9-17(25-16)18(22)20-14-6-4-13(19)5-7-14/h3-8,11,17H,9-10H2,1-2H3,(H,20,22)/t17-/m0/s1. The van der Waals surface area contributed by atoms with Crippen molar-refractivity contribution in [3.05, 3.63) is 53.1 Å². The first-order valence-electron chi connectivity index (χ1n) is 8.05.